The Labute approximate surface area is 157 Å². The van der Waals surface area contributed by atoms with Gasteiger partial charge in [0.05, 0.1) is 0 Å². The van der Waals surface area contributed by atoms with Crippen LogP contribution in [0.5, 0.6) is 17.2 Å². The molecule has 4 aromatic carbocycles. The second kappa shape index (κ2) is 6.36. The zero-order valence-electron chi connectivity index (χ0n) is 14.9. The van der Waals surface area contributed by atoms with Crippen LogP contribution in [0.3, 0.4) is 0 Å². The summed E-state index contributed by atoms with van der Waals surface area (Å²) in [6.45, 7) is 2.12. The predicted octanol–water partition coefficient (Wildman–Crippen LogP) is 5.31. The van der Waals surface area contributed by atoms with Gasteiger partial charge in [0.1, 0.15) is 17.2 Å². The van der Waals surface area contributed by atoms with E-state index in [4.69, 9.17) is 0 Å². The highest BCUT2D eigenvalue weighted by atomic mass is 16.3. The molecule has 0 aromatic heterocycles. The number of phenolic OH excluding ortho intramolecular Hbond substituents is 3. The van der Waals surface area contributed by atoms with Gasteiger partial charge in [0.2, 0.25) is 0 Å². The monoisotopic (exact) mass is 356 g/mol. The van der Waals surface area contributed by atoms with E-state index in [1.807, 2.05) is 54.6 Å². The van der Waals surface area contributed by atoms with Crippen LogP contribution in [0, 0.1) is 0 Å². The van der Waals surface area contributed by atoms with Gasteiger partial charge >= 0.3 is 0 Å². The molecule has 0 saturated heterocycles. The van der Waals surface area contributed by atoms with Crippen molar-refractivity contribution in [2.45, 2.75) is 12.3 Å². The molecule has 0 bridgehead atoms. The largest absolute Gasteiger partial charge is 0.508 e. The first-order valence-corrected chi connectivity index (χ1v) is 8.80. The smallest absolute Gasteiger partial charge is 0.123 e. The lowest BCUT2D eigenvalue weighted by molar-refractivity contribution is 0.474. The SMILES string of the molecule is CC(c1ccc(O)cc1)(c1ccc(O)cc1)c1ccc(O)c2ccccc12. The highest BCUT2D eigenvalue weighted by Gasteiger charge is 2.33. The van der Waals surface area contributed by atoms with Crippen molar-refractivity contribution in [3.8, 4) is 17.2 Å². The van der Waals surface area contributed by atoms with Gasteiger partial charge in [0.25, 0.3) is 0 Å². The van der Waals surface area contributed by atoms with Crippen LogP contribution in [0.2, 0.25) is 0 Å². The van der Waals surface area contributed by atoms with Crippen LogP contribution < -0.4 is 0 Å². The molecule has 3 heteroatoms. The number of rotatable bonds is 3. The predicted molar refractivity (Wildman–Crippen MR) is 107 cm³/mol. The number of hydrogen-bond donors (Lipinski definition) is 3. The number of aromatic hydroxyl groups is 3. The molecule has 3 N–H and O–H groups in total. The van der Waals surface area contributed by atoms with E-state index in [2.05, 4.69) is 6.92 Å². The Morgan fingerprint density at radius 3 is 1.56 bits per heavy atom. The Hall–Kier alpha value is -3.46. The van der Waals surface area contributed by atoms with Crippen molar-refractivity contribution in [3.05, 3.63) is 102 Å². The molecular formula is C24H20O3. The summed E-state index contributed by atoms with van der Waals surface area (Å²) in [5, 5.41) is 31.5. The van der Waals surface area contributed by atoms with Gasteiger partial charge in [-0.1, -0.05) is 54.6 Å². The first-order chi connectivity index (χ1) is 13.0. The van der Waals surface area contributed by atoms with Crippen LogP contribution in [0.1, 0.15) is 23.6 Å². The van der Waals surface area contributed by atoms with Crippen molar-refractivity contribution in [2.75, 3.05) is 0 Å². The van der Waals surface area contributed by atoms with Crippen molar-refractivity contribution in [1.82, 2.24) is 0 Å². The van der Waals surface area contributed by atoms with Gasteiger partial charge in [0, 0.05) is 10.8 Å². The maximum atomic E-state index is 10.3. The van der Waals surface area contributed by atoms with E-state index >= 15 is 0 Å². The van der Waals surface area contributed by atoms with Crippen LogP contribution in [-0.4, -0.2) is 15.3 Å². The molecule has 0 amide bonds. The molecule has 0 aliphatic carbocycles. The van der Waals surface area contributed by atoms with E-state index in [1.165, 1.54) is 0 Å². The van der Waals surface area contributed by atoms with Gasteiger partial charge in [-0.3, -0.25) is 0 Å². The lowest BCUT2D eigenvalue weighted by Crippen LogP contribution is -2.25. The average Bonchev–Trinajstić information content (AvgIpc) is 2.69. The van der Waals surface area contributed by atoms with Crippen molar-refractivity contribution in [1.29, 1.82) is 0 Å². The first kappa shape index (κ1) is 17.0. The molecule has 0 heterocycles. The van der Waals surface area contributed by atoms with Crippen LogP contribution in [-0.2, 0) is 5.41 Å². The minimum Gasteiger partial charge on any atom is -0.508 e. The number of fused-ring (bicyclic) bond motifs is 1. The fraction of sp³-hybridized carbons (Fsp3) is 0.0833. The zero-order valence-corrected chi connectivity index (χ0v) is 14.9. The Morgan fingerprint density at radius 1 is 0.556 bits per heavy atom. The van der Waals surface area contributed by atoms with Gasteiger partial charge < -0.3 is 15.3 Å². The van der Waals surface area contributed by atoms with Gasteiger partial charge in [-0.2, -0.15) is 0 Å². The fourth-order valence-electron chi connectivity index (χ4n) is 3.79. The summed E-state index contributed by atoms with van der Waals surface area (Å²) in [5.74, 6) is 0.665. The lowest BCUT2D eigenvalue weighted by Gasteiger charge is -2.33. The highest BCUT2D eigenvalue weighted by molar-refractivity contribution is 5.92. The highest BCUT2D eigenvalue weighted by Crippen LogP contribution is 2.44. The Balaban J connectivity index is 2.06. The summed E-state index contributed by atoms with van der Waals surface area (Å²) in [7, 11) is 0. The minimum absolute atomic E-state index is 0.211. The number of phenols is 3. The lowest BCUT2D eigenvalue weighted by atomic mass is 9.69. The van der Waals surface area contributed by atoms with Gasteiger partial charge in [-0.05, 0) is 59.3 Å². The number of hydrogen-bond acceptors (Lipinski definition) is 3. The molecule has 27 heavy (non-hydrogen) atoms. The van der Waals surface area contributed by atoms with Crippen molar-refractivity contribution >= 4 is 10.8 Å². The maximum absolute atomic E-state index is 10.3. The number of benzene rings is 4. The van der Waals surface area contributed by atoms with Crippen molar-refractivity contribution in [3.63, 3.8) is 0 Å². The molecule has 0 radical (unpaired) electrons. The molecule has 3 nitrogen and oxygen atoms in total. The second-order valence-electron chi connectivity index (χ2n) is 6.90. The van der Waals surface area contributed by atoms with Gasteiger partial charge in [-0.25, -0.2) is 0 Å². The van der Waals surface area contributed by atoms with E-state index in [0.29, 0.717) is 0 Å². The Bertz CT molecular complexity index is 1050. The molecule has 4 aromatic rings. The van der Waals surface area contributed by atoms with E-state index in [1.54, 1.807) is 30.3 Å². The van der Waals surface area contributed by atoms with E-state index in [0.717, 1.165) is 27.5 Å². The van der Waals surface area contributed by atoms with E-state index < -0.39 is 5.41 Å². The normalized spacial score (nSPS) is 11.6. The van der Waals surface area contributed by atoms with E-state index in [-0.39, 0.29) is 17.2 Å². The summed E-state index contributed by atoms with van der Waals surface area (Å²) in [6.07, 6.45) is 0. The van der Waals surface area contributed by atoms with Crippen molar-refractivity contribution < 1.29 is 15.3 Å². The van der Waals surface area contributed by atoms with Gasteiger partial charge in [0.15, 0.2) is 0 Å². The maximum Gasteiger partial charge on any atom is 0.123 e. The summed E-state index contributed by atoms with van der Waals surface area (Å²) in [5.41, 5.74) is 2.49. The molecule has 0 fully saturated rings. The van der Waals surface area contributed by atoms with Crippen LogP contribution in [0.25, 0.3) is 10.8 Å². The Morgan fingerprint density at radius 2 is 1.04 bits per heavy atom. The fourth-order valence-corrected chi connectivity index (χ4v) is 3.79. The third-order valence-corrected chi connectivity index (χ3v) is 5.33. The molecule has 0 spiro atoms. The second-order valence-corrected chi connectivity index (χ2v) is 6.90. The summed E-state index contributed by atoms with van der Waals surface area (Å²) < 4.78 is 0. The van der Waals surface area contributed by atoms with Crippen LogP contribution in [0.4, 0.5) is 0 Å². The van der Waals surface area contributed by atoms with E-state index in [9.17, 15) is 15.3 Å². The third kappa shape index (κ3) is 2.77. The summed E-state index contributed by atoms with van der Waals surface area (Å²) in [6, 6.07) is 25.8. The first-order valence-electron chi connectivity index (χ1n) is 8.80. The minimum atomic E-state index is -0.547. The standard InChI is InChI=1S/C24H20O3/c1-24(16-6-10-18(25)11-7-16,17-8-12-19(26)13-9-17)22-14-15-23(27)21-5-3-2-4-20(21)22/h2-15,25-27H,1H3. The van der Waals surface area contributed by atoms with Crippen LogP contribution >= 0.6 is 0 Å². The topological polar surface area (TPSA) is 60.7 Å². The van der Waals surface area contributed by atoms with Crippen molar-refractivity contribution in [2.24, 2.45) is 0 Å². The Kier molecular flexibility index (Phi) is 4.00. The molecule has 0 aliphatic heterocycles. The zero-order chi connectivity index (χ0) is 19.0. The molecule has 0 aliphatic rings. The molecule has 0 atom stereocenters. The molecular weight excluding hydrogens is 336 g/mol. The quantitative estimate of drug-likeness (QED) is 0.436. The average molecular weight is 356 g/mol. The molecule has 0 saturated carbocycles. The molecule has 4 rings (SSSR count). The molecule has 0 unspecified atom stereocenters. The summed E-state index contributed by atoms with van der Waals surface area (Å²) >= 11 is 0. The summed E-state index contributed by atoms with van der Waals surface area (Å²) in [4.78, 5) is 0. The van der Waals surface area contributed by atoms with Gasteiger partial charge in [-0.15, -0.1) is 0 Å². The van der Waals surface area contributed by atoms with Crippen LogP contribution in [0.15, 0.2) is 84.9 Å². The third-order valence-electron chi connectivity index (χ3n) is 5.33. The molecule has 134 valence electrons.